The number of hydrogen-bond acceptors (Lipinski definition) is 5. The van der Waals surface area contributed by atoms with Gasteiger partial charge in [-0.15, -0.1) is 11.8 Å². The molecule has 0 aromatic heterocycles. The molecule has 24 heavy (non-hydrogen) atoms. The van der Waals surface area contributed by atoms with Gasteiger partial charge in [-0.2, -0.15) is 0 Å². The second kappa shape index (κ2) is 8.50. The Bertz CT molecular complexity index is 590. The van der Waals surface area contributed by atoms with E-state index in [2.05, 4.69) is 15.5 Å². The number of anilines is 1. The first-order chi connectivity index (χ1) is 11.7. The first-order valence-electron chi connectivity index (χ1n) is 8.46. The van der Waals surface area contributed by atoms with Crippen LogP contribution in [0.5, 0.6) is 0 Å². The normalized spacial score (nSPS) is 18.3. The zero-order valence-electron chi connectivity index (χ0n) is 13.8. The summed E-state index contributed by atoms with van der Waals surface area (Å²) in [6.45, 7) is 5.99. The van der Waals surface area contributed by atoms with E-state index in [1.54, 1.807) is 4.90 Å². The maximum atomic E-state index is 12.2. The van der Waals surface area contributed by atoms with Crippen LogP contribution in [0, 0.1) is 0 Å². The van der Waals surface area contributed by atoms with E-state index < -0.39 is 0 Å². The fraction of sp³-hybridized carbons (Fsp3) is 0.529. The number of hydrogen-bond donors (Lipinski definition) is 2. The number of thioether (sulfide) groups is 1. The summed E-state index contributed by atoms with van der Waals surface area (Å²) in [7, 11) is 0. The van der Waals surface area contributed by atoms with E-state index in [0.717, 1.165) is 49.7 Å². The zero-order chi connectivity index (χ0) is 16.8. The first-order valence-corrected chi connectivity index (χ1v) is 9.44. The van der Waals surface area contributed by atoms with E-state index in [4.69, 9.17) is 0 Å². The summed E-state index contributed by atoms with van der Waals surface area (Å²) in [5, 5.41) is 6.27. The van der Waals surface area contributed by atoms with Gasteiger partial charge in [0.05, 0.1) is 11.4 Å². The van der Waals surface area contributed by atoms with Crippen molar-refractivity contribution in [3.63, 3.8) is 0 Å². The fourth-order valence-corrected chi connectivity index (χ4v) is 3.93. The van der Waals surface area contributed by atoms with Crippen LogP contribution >= 0.6 is 11.8 Å². The smallest absolute Gasteiger partial charge is 0.240 e. The van der Waals surface area contributed by atoms with Crippen molar-refractivity contribution in [1.82, 2.24) is 15.5 Å². The van der Waals surface area contributed by atoms with Gasteiger partial charge in [-0.25, -0.2) is 0 Å². The monoisotopic (exact) mass is 348 g/mol. The van der Waals surface area contributed by atoms with Crippen LogP contribution in [0.4, 0.5) is 5.69 Å². The van der Waals surface area contributed by atoms with Crippen LogP contribution in [-0.2, 0) is 9.59 Å². The molecule has 0 spiro atoms. The number of benzene rings is 1. The molecule has 3 rings (SSSR count). The Hall–Kier alpha value is -1.57. The highest BCUT2D eigenvalue weighted by molar-refractivity contribution is 8.00. The standard InChI is InChI=1S/C17H24N4O2S/c22-16(19-6-3-9-20-10-7-18-8-11-20)12-21-14-4-1-2-5-15(14)24-13-17(21)23/h1-2,4-5,18H,3,6-13H2,(H,19,22). The van der Waals surface area contributed by atoms with E-state index in [1.807, 2.05) is 24.3 Å². The number of carbonyl (C=O) groups is 2. The highest BCUT2D eigenvalue weighted by atomic mass is 32.2. The molecule has 7 heteroatoms. The predicted octanol–water partition coefficient (Wildman–Crippen LogP) is 0.537. The van der Waals surface area contributed by atoms with E-state index >= 15 is 0 Å². The lowest BCUT2D eigenvalue weighted by Crippen LogP contribution is -2.45. The zero-order valence-corrected chi connectivity index (χ0v) is 14.6. The SMILES string of the molecule is O=C(CN1C(=O)CSc2ccccc21)NCCCN1CCNCC1. The van der Waals surface area contributed by atoms with Gasteiger partial charge < -0.3 is 20.4 Å². The molecule has 2 aliphatic heterocycles. The van der Waals surface area contributed by atoms with Crippen molar-refractivity contribution < 1.29 is 9.59 Å². The Balaban J connectivity index is 1.44. The third-order valence-corrected chi connectivity index (χ3v) is 5.34. The average Bonchev–Trinajstić information content (AvgIpc) is 2.62. The third kappa shape index (κ3) is 4.49. The van der Waals surface area contributed by atoms with E-state index in [9.17, 15) is 9.59 Å². The molecule has 1 aromatic carbocycles. The summed E-state index contributed by atoms with van der Waals surface area (Å²) in [6, 6.07) is 7.74. The van der Waals surface area contributed by atoms with Crippen molar-refractivity contribution in [3.8, 4) is 0 Å². The second-order valence-corrected chi connectivity index (χ2v) is 7.05. The minimum absolute atomic E-state index is 0.00494. The molecule has 1 saturated heterocycles. The molecule has 130 valence electrons. The molecule has 2 amide bonds. The largest absolute Gasteiger partial charge is 0.355 e. The Kier molecular flexibility index (Phi) is 6.12. The molecule has 0 saturated carbocycles. The van der Waals surface area contributed by atoms with Crippen LogP contribution in [0.1, 0.15) is 6.42 Å². The van der Waals surface area contributed by atoms with E-state index in [-0.39, 0.29) is 18.4 Å². The Morgan fingerprint density at radius 3 is 2.88 bits per heavy atom. The Labute approximate surface area is 146 Å². The average molecular weight is 348 g/mol. The van der Waals surface area contributed by atoms with Gasteiger partial charge in [0, 0.05) is 37.6 Å². The van der Waals surface area contributed by atoms with Crippen molar-refractivity contribution in [1.29, 1.82) is 0 Å². The van der Waals surface area contributed by atoms with Gasteiger partial charge in [0.1, 0.15) is 6.54 Å². The summed E-state index contributed by atoms with van der Waals surface area (Å²) < 4.78 is 0. The van der Waals surface area contributed by atoms with Gasteiger partial charge >= 0.3 is 0 Å². The van der Waals surface area contributed by atoms with Crippen LogP contribution in [0.2, 0.25) is 0 Å². The summed E-state index contributed by atoms with van der Waals surface area (Å²) in [5.41, 5.74) is 0.842. The van der Waals surface area contributed by atoms with E-state index in [0.29, 0.717) is 12.3 Å². The second-order valence-electron chi connectivity index (χ2n) is 6.03. The highest BCUT2D eigenvalue weighted by Gasteiger charge is 2.25. The van der Waals surface area contributed by atoms with Crippen molar-refractivity contribution in [3.05, 3.63) is 24.3 Å². The fourth-order valence-electron chi connectivity index (χ4n) is 2.99. The van der Waals surface area contributed by atoms with Crippen molar-refractivity contribution in [2.24, 2.45) is 0 Å². The number of nitrogens with one attached hydrogen (secondary N) is 2. The number of piperazine rings is 1. The van der Waals surface area contributed by atoms with Gasteiger partial charge in [-0.1, -0.05) is 12.1 Å². The Morgan fingerprint density at radius 2 is 2.04 bits per heavy atom. The number of amides is 2. The lowest BCUT2D eigenvalue weighted by molar-refractivity contribution is -0.123. The van der Waals surface area contributed by atoms with Gasteiger partial charge in [-0.05, 0) is 25.1 Å². The summed E-state index contributed by atoms with van der Waals surface area (Å²) in [5.74, 6) is 0.299. The van der Waals surface area contributed by atoms with Gasteiger partial charge in [0.2, 0.25) is 11.8 Å². The molecule has 0 atom stereocenters. The molecule has 2 N–H and O–H groups in total. The number of nitrogens with zero attached hydrogens (tertiary/aromatic N) is 2. The van der Waals surface area contributed by atoms with Crippen LogP contribution in [-0.4, -0.2) is 68.3 Å². The van der Waals surface area contributed by atoms with Gasteiger partial charge in [0.25, 0.3) is 0 Å². The van der Waals surface area contributed by atoms with Crippen molar-refractivity contribution >= 4 is 29.3 Å². The van der Waals surface area contributed by atoms with Crippen molar-refractivity contribution in [2.45, 2.75) is 11.3 Å². The predicted molar refractivity (Wildman–Crippen MR) is 96.5 cm³/mol. The number of carbonyl (C=O) groups excluding carboxylic acids is 2. The number of rotatable bonds is 6. The number of fused-ring (bicyclic) bond motifs is 1. The highest BCUT2D eigenvalue weighted by Crippen LogP contribution is 2.34. The molecule has 0 bridgehead atoms. The molecule has 0 aliphatic carbocycles. The molecule has 1 fully saturated rings. The first kappa shape index (κ1) is 17.3. The van der Waals surface area contributed by atoms with E-state index in [1.165, 1.54) is 11.8 Å². The molecule has 2 heterocycles. The van der Waals surface area contributed by atoms with Crippen LogP contribution in [0.15, 0.2) is 29.2 Å². The van der Waals surface area contributed by atoms with Crippen LogP contribution in [0.25, 0.3) is 0 Å². The molecule has 2 aliphatic rings. The maximum Gasteiger partial charge on any atom is 0.240 e. The quantitative estimate of drug-likeness (QED) is 0.735. The number of para-hydroxylation sites is 1. The van der Waals surface area contributed by atoms with Gasteiger partial charge in [-0.3, -0.25) is 9.59 Å². The topological polar surface area (TPSA) is 64.7 Å². The molecule has 0 radical (unpaired) electrons. The molecule has 6 nitrogen and oxygen atoms in total. The molecule has 0 unspecified atom stereocenters. The lowest BCUT2D eigenvalue weighted by Gasteiger charge is -2.28. The maximum absolute atomic E-state index is 12.2. The molecular formula is C17H24N4O2S. The minimum atomic E-state index is -0.0923. The minimum Gasteiger partial charge on any atom is -0.355 e. The lowest BCUT2D eigenvalue weighted by atomic mass is 10.2. The third-order valence-electron chi connectivity index (χ3n) is 4.29. The molecular weight excluding hydrogens is 324 g/mol. The summed E-state index contributed by atoms with van der Waals surface area (Å²) >= 11 is 1.53. The summed E-state index contributed by atoms with van der Waals surface area (Å²) in [6.07, 6.45) is 0.937. The molecule has 1 aromatic rings. The summed E-state index contributed by atoms with van der Waals surface area (Å²) in [4.78, 5) is 29.4. The Morgan fingerprint density at radius 1 is 1.25 bits per heavy atom. The van der Waals surface area contributed by atoms with Gasteiger partial charge in [0.15, 0.2) is 0 Å². The van der Waals surface area contributed by atoms with Crippen LogP contribution in [0.3, 0.4) is 0 Å². The van der Waals surface area contributed by atoms with Crippen molar-refractivity contribution in [2.75, 3.05) is 56.5 Å². The van der Waals surface area contributed by atoms with Crippen LogP contribution < -0.4 is 15.5 Å².